The number of hydrogen-bond acceptors (Lipinski definition) is 4. The van der Waals surface area contributed by atoms with Gasteiger partial charge in [0.25, 0.3) is 5.78 Å². The molecule has 1 atom stereocenters. The molecular weight excluding hydrogens is 325 g/mol. The number of ketones is 1. The summed E-state index contributed by atoms with van der Waals surface area (Å²) in [7, 11) is 1.53. The molecule has 1 N–H and O–H groups in total. The van der Waals surface area contributed by atoms with Crippen LogP contribution in [0.5, 0.6) is 5.75 Å². The van der Waals surface area contributed by atoms with E-state index in [0.29, 0.717) is 36.9 Å². The zero-order valence-corrected chi connectivity index (χ0v) is 13.0. The number of amides is 1. The molecule has 1 amide bonds. The SMILES string of the molecule is COc1ccc(NC(=O)[C@H]2CCCN2/C=C/C(=O)C(F)(F)F)cc1. The van der Waals surface area contributed by atoms with E-state index in [1.54, 1.807) is 24.3 Å². The van der Waals surface area contributed by atoms with Crippen LogP contribution in [0, 0.1) is 0 Å². The number of methoxy groups -OCH3 is 1. The molecular formula is C16H17F3N2O3. The van der Waals surface area contributed by atoms with E-state index in [0.717, 1.165) is 6.20 Å². The number of benzene rings is 1. The molecule has 1 aromatic carbocycles. The van der Waals surface area contributed by atoms with Crippen molar-refractivity contribution in [2.24, 2.45) is 0 Å². The van der Waals surface area contributed by atoms with E-state index in [4.69, 9.17) is 4.74 Å². The number of rotatable bonds is 5. The minimum absolute atomic E-state index is 0.332. The van der Waals surface area contributed by atoms with Crippen molar-refractivity contribution in [1.82, 2.24) is 4.90 Å². The second-order valence-electron chi connectivity index (χ2n) is 5.29. The molecule has 1 saturated heterocycles. The Bertz CT molecular complexity index is 626. The summed E-state index contributed by atoms with van der Waals surface area (Å²) >= 11 is 0. The monoisotopic (exact) mass is 342 g/mol. The summed E-state index contributed by atoms with van der Waals surface area (Å²) in [6.07, 6.45) is -2.24. The number of carbonyl (C=O) groups is 2. The molecule has 0 bridgehead atoms. The van der Waals surface area contributed by atoms with Crippen molar-refractivity contribution in [3.8, 4) is 5.75 Å². The lowest BCUT2D eigenvalue weighted by Gasteiger charge is -2.22. The van der Waals surface area contributed by atoms with Gasteiger partial charge in [-0.3, -0.25) is 9.59 Å². The van der Waals surface area contributed by atoms with Gasteiger partial charge in [0.15, 0.2) is 0 Å². The Morgan fingerprint density at radius 2 is 1.96 bits per heavy atom. The third-order valence-corrected chi connectivity index (χ3v) is 3.65. The summed E-state index contributed by atoms with van der Waals surface area (Å²) in [6.45, 7) is 0.419. The molecule has 0 spiro atoms. The van der Waals surface area contributed by atoms with Gasteiger partial charge in [0.05, 0.1) is 7.11 Å². The average molecular weight is 342 g/mol. The maximum atomic E-state index is 12.3. The van der Waals surface area contributed by atoms with Gasteiger partial charge in [-0.15, -0.1) is 0 Å². The summed E-state index contributed by atoms with van der Waals surface area (Å²) in [5, 5.41) is 2.71. The van der Waals surface area contributed by atoms with Crippen molar-refractivity contribution in [2.45, 2.75) is 25.1 Å². The van der Waals surface area contributed by atoms with Gasteiger partial charge in [-0.05, 0) is 37.1 Å². The highest BCUT2D eigenvalue weighted by Crippen LogP contribution is 2.22. The Labute approximate surface area is 137 Å². The first kappa shape index (κ1) is 17.8. The standard InChI is InChI=1S/C16H17F3N2O3/c1-24-12-6-4-11(5-7-12)20-15(23)13-3-2-9-21(13)10-8-14(22)16(17,18)19/h4-8,10,13H,2-3,9H2,1H3,(H,20,23)/b10-8+/t13-/m1/s1. The van der Waals surface area contributed by atoms with Gasteiger partial charge < -0.3 is 15.0 Å². The van der Waals surface area contributed by atoms with Crippen molar-refractivity contribution < 1.29 is 27.5 Å². The van der Waals surface area contributed by atoms with Crippen molar-refractivity contribution in [1.29, 1.82) is 0 Å². The average Bonchev–Trinajstić information content (AvgIpc) is 3.01. The number of carbonyl (C=O) groups excluding carboxylic acids is 2. The smallest absolute Gasteiger partial charge is 0.454 e. The van der Waals surface area contributed by atoms with Gasteiger partial charge in [-0.1, -0.05) is 0 Å². The zero-order valence-electron chi connectivity index (χ0n) is 13.0. The number of nitrogens with zero attached hydrogens (tertiary/aromatic N) is 1. The molecule has 0 aliphatic carbocycles. The molecule has 2 rings (SSSR count). The Balaban J connectivity index is 1.99. The van der Waals surface area contributed by atoms with Crippen molar-refractivity contribution in [3.05, 3.63) is 36.5 Å². The lowest BCUT2D eigenvalue weighted by molar-refractivity contribution is -0.165. The molecule has 24 heavy (non-hydrogen) atoms. The highest BCUT2D eigenvalue weighted by Gasteiger charge is 2.37. The number of anilines is 1. The Kier molecular flexibility index (Phi) is 5.48. The molecule has 1 aromatic rings. The third kappa shape index (κ3) is 4.50. The quantitative estimate of drug-likeness (QED) is 0.836. The first-order valence-electron chi connectivity index (χ1n) is 7.31. The van der Waals surface area contributed by atoms with Gasteiger partial charge in [-0.25, -0.2) is 0 Å². The molecule has 0 saturated carbocycles. The Morgan fingerprint density at radius 3 is 2.54 bits per heavy atom. The van der Waals surface area contributed by atoms with E-state index >= 15 is 0 Å². The Morgan fingerprint density at radius 1 is 1.29 bits per heavy atom. The molecule has 0 aromatic heterocycles. The summed E-state index contributed by atoms with van der Waals surface area (Å²) < 4.78 is 41.7. The van der Waals surface area contributed by atoms with Gasteiger partial charge >= 0.3 is 6.18 Å². The van der Waals surface area contributed by atoms with Crippen molar-refractivity contribution in [2.75, 3.05) is 19.0 Å². The molecule has 1 aliphatic heterocycles. The summed E-state index contributed by atoms with van der Waals surface area (Å²) in [4.78, 5) is 24.6. The fourth-order valence-electron chi connectivity index (χ4n) is 2.41. The fourth-order valence-corrected chi connectivity index (χ4v) is 2.41. The third-order valence-electron chi connectivity index (χ3n) is 3.65. The molecule has 130 valence electrons. The Hall–Kier alpha value is -2.51. The maximum Gasteiger partial charge on any atom is 0.454 e. The van der Waals surface area contributed by atoms with Crippen LogP contribution in [0.15, 0.2) is 36.5 Å². The predicted octanol–water partition coefficient (Wildman–Crippen LogP) is 2.74. The number of hydrogen-bond donors (Lipinski definition) is 1. The minimum Gasteiger partial charge on any atom is -0.497 e. The van der Waals surface area contributed by atoms with Crippen LogP contribution in [0.2, 0.25) is 0 Å². The number of allylic oxidation sites excluding steroid dienone is 1. The van der Waals surface area contributed by atoms with Gasteiger partial charge in [-0.2, -0.15) is 13.2 Å². The normalized spacial score (nSPS) is 18.0. The lowest BCUT2D eigenvalue weighted by atomic mass is 10.2. The van der Waals surface area contributed by atoms with Crippen LogP contribution in [-0.2, 0) is 9.59 Å². The molecule has 0 unspecified atom stereocenters. The number of nitrogens with one attached hydrogen (secondary N) is 1. The number of likely N-dealkylation sites (tertiary alicyclic amines) is 1. The van der Waals surface area contributed by atoms with Crippen LogP contribution >= 0.6 is 0 Å². The maximum absolute atomic E-state index is 12.3. The van der Waals surface area contributed by atoms with Crippen LogP contribution < -0.4 is 10.1 Å². The second-order valence-corrected chi connectivity index (χ2v) is 5.29. The van der Waals surface area contributed by atoms with E-state index in [2.05, 4.69) is 5.32 Å². The first-order valence-corrected chi connectivity index (χ1v) is 7.31. The van der Waals surface area contributed by atoms with Gasteiger partial charge in [0, 0.05) is 24.5 Å². The van der Waals surface area contributed by atoms with Crippen molar-refractivity contribution in [3.63, 3.8) is 0 Å². The van der Waals surface area contributed by atoms with Crippen LogP contribution in [0.1, 0.15) is 12.8 Å². The fraction of sp³-hybridized carbons (Fsp3) is 0.375. The van der Waals surface area contributed by atoms with E-state index in [9.17, 15) is 22.8 Å². The summed E-state index contributed by atoms with van der Waals surface area (Å²) in [6, 6.07) is 6.09. The lowest BCUT2D eigenvalue weighted by Crippen LogP contribution is -2.36. The number of alkyl halides is 3. The highest BCUT2D eigenvalue weighted by molar-refractivity contribution is 5.96. The van der Waals surface area contributed by atoms with E-state index < -0.39 is 18.0 Å². The second kappa shape index (κ2) is 7.37. The minimum atomic E-state index is -4.91. The molecule has 1 fully saturated rings. The van der Waals surface area contributed by atoms with E-state index in [1.807, 2.05) is 0 Å². The van der Waals surface area contributed by atoms with E-state index in [-0.39, 0.29) is 5.91 Å². The summed E-state index contributed by atoms with van der Waals surface area (Å²) in [5.41, 5.74) is 0.558. The predicted molar refractivity (Wildman–Crippen MR) is 81.6 cm³/mol. The van der Waals surface area contributed by atoms with Gasteiger partial charge in [0.2, 0.25) is 5.91 Å². The molecule has 1 aliphatic rings. The van der Waals surface area contributed by atoms with Crippen LogP contribution in [-0.4, -0.2) is 42.5 Å². The molecule has 8 heteroatoms. The zero-order chi connectivity index (χ0) is 17.7. The molecule has 5 nitrogen and oxygen atoms in total. The van der Waals surface area contributed by atoms with E-state index in [1.165, 1.54) is 12.0 Å². The first-order chi connectivity index (χ1) is 11.3. The van der Waals surface area contributed by atoms with Gasteiger partial charge in [0.1, 0.15) is 11.8 Å². The number of halogens is 3. The van der Waals surface area contributed by atoms with Crippen LogP contribution in [0.25, 0.3) is 0 Å². The molecule has 0 radical (unpaired) electrons. The largest absolute Gasteiger partial charge is 0.497 e. The van der Waals surface area contributed by atoms with Crippen LogP contribution in [0.4, 0.5) is 18.9 Å². The van der Waals surface area contributed by atoms with Crippen molar-refractivity contribution >= 4 is 17.4 Å². The topological polar surface area (TPSA) is 58.6 Å². The van der Waals surface area contributed by atoms with Crippen LogP contribution in [0.3, 0.4) is 0 Å². The molecule has 1 heterocycles. The number of ether oxygens (including phenoxy) is 1. The summed E-state index contributed by atoms with van der Waals surface area (Å²) in [5.74, 6) is -1.63. The highest BCUT2D eigenvalue weighted by atomic mass is 19.4.